The van der Waals surface area contributed by atoms with Crippen molar-refractivity contribution >= 4 is 11.3 Å². The molecule has 0 amide bonds. The highest BCUT2D eigenvalue weighted by atomic mass is 32.1. The van der Waals surface area contributed by atoms with Gasteiger partial charge in [0.1, 0.15) is 5.75 Å². The van der Waals surface area contributed by atoms with E-state index in [-0.39, 0.29) is 6.61 Å². The molecule has 0 fully saturated rings. The molecule has 0 aliphatic heterocycles. The molecule has 19 heavy (non-hydrogen) atoms. The molecule has 0 radical (unpaired) electrons. The minimum Gasteiger partial charge on any atom is -0.496 e. The summed E-state index contributed by atoms with van der Waals surface area (Å²) in [5.41, 5.74) is 1.98. The highest BCUT2D eigenvalue weighted by Crippen LogP contribution is 2.30. The Labute approximate surface area is 117 Å². The number of methoxy groups -OCH3 is 1. The zero-order chi connectivity index (χ0) is 13.5. The molecule has 0 spiro atoms. The molecule has 0 bridgehead atoms. The number of hydrogen-bond donors (Lipinski definition) is 2. The SMILES string of the molecule is COc1ccccc1-c1csc(CCNCCO)n1. The van der Waals surface area contributed by atoms with Gasteiger partial charge in [-0.2, -0.15) is 0 Å². The summed E-state index contributed by atoms with van der Waals surface area (Å²) in [5, 5.41) is 15.0. The first kappa shape index (κ1) is 14.0. The van der Waals surface area contributed by atoms with Crippen molar-refractivity contribution in [3.63, 3.8) is 0 Å². The van der Waals surface area contributed by atoms with Gasteiger partial charge in [0, 0.05) is 30.5 Å². The summed E-state index contributed by atoms with van der Waals surface area (Å²) in [6, 6.07) is 7.90. The van der Waals surface area contributed by atoms with Gasteiger partial charge in [-0.15, -0.1) is 11.3 Å². The van der Waals surface area contributed by atoms with Crippen molar-refractivity contribution in [1.82, 2.24) is 10.3 Å². The molecule has 0 saturated carbocycles. The third-order valence-corrected chi connectivity index (χ3v) is 3.65. The van der Waals surface area contributed by atoms with E-state index in [1.54, 1.807) is 18.4 Å². The van der Waals surface area contributed by atoms with E-state index in [0.29, 0.717) is 6.54 Å². The third-order valence-electron chi connectivity index (χ3n) is 2.74. The lowest BCUT2D eigenvalue weighted by molar-refractivity contribution is 0.293. The number of hydrogen-bond acceptors (Lipinski definition) is 5. The molecule has 2 aromatic rings. The summed E-state index contributed by atoms with van der Waals surface area (Å²) in [5.74, 6) is 0.845. The van der Waals surface area contributed by atoms with Crippen molar-refractivity contribution in [3.05, 3.63) is 34.7 Å². The van der Waals surface area contributed by atoms with Crippen molar-refractivity contribution in [2.45, 2.75) is 6.42 Å². The van der Waals surface area contributed by atoms with E-state index in [2.05, 4.69) is 15.7 Å². The molecule has 1 aromatic heterocycles. The van der Waals surface area contributed by atoms with E-state index >= 15 is 0 Å². The average molecular weight is 278 g/mol. The maximum Gasteiger partial charge on any atom is 0.128 e. The predicted molar refractivity (Wildman–Crippen MR) is 77.8 cm³/mol. The summed E-state index contributed by atoms with van der Waals surface area (Å²) in [4.78, 5) is 4.62. The van der Waals surface area contributed by atoms with Gasteiger partial charge in [-0.3, -0.25) is 0 Å². The molecule has 4 nitrogen and oxygen atoms in total. The molecule has 0 aliphatic carbocycles. The van der Waals surface area contributed by atoms with Crippen molar-refractivity contribution in [3.8, 4) is 17.0 Å². The fourth-order valence-corrected chi connectivity index (χ4v) is 2.60. The van der Waals surface area contributed by atoms with Crippen LogP contribution in [0.3, 0.4) is 0 Å². The molecular weight excluding hydrogens is 260 g/mol. The van der Waals surface area contributed by atoms with Gasteiger partial charge in [0.15, 0.2) is 0 Å². The Morgan fingerprint density at radius 1 is 1.32 bits per heavy atom. The van der Waals surface area contributed by atoms with Crippen molar-refractivity contribution in [2.75, 3.05) is 26.8 Å². The van der Waals surface area contributed by atoms with Gasteiger partial charge in [-0.25, -0.2) is 4.98 Å². The first-order valence-corrected chi connectivity index (χ1v) is 7.12. The number of thiazole rings is 1. The Morgan fingerprint density at radius 2 is 2.16 bits per heavy atom. The minimum atomic E-state index is 0.171. The van der Waals surface area contributed by atoms with Crippen molar-refractivity contribution < 1.29 is 9.84 Å². The molecule has 1 aromatic carbocycles. The Bertz CT molecular complexity index is 514. The fourth-order valence-electron chi connectivity index (χ4n) is 1.81. The standard InChI is InChI=1S/C14H18N2O2S/c1-18-13-5-3-2-4-11(13)12-10-19-14(16-12)6-7-15-8-9-17/h2-5,10,15,17H,6-9H2,1H3. The molecule has 0 saturated heterocycles. The lowest BCUT2D eigenvalue weighted by atomic mass is 10.1. The molecule has 5 heteroatoms. The predicted octanol–water partition coefficient (Wildman–Crippen LogP) is 1.94. The number of aromatic nitrogens is 1. The number of rotatable bonds is 7. The number of nitrogens with one attached hydrogen (secondary N) is 1. The van der Waals surface area contributed by atoms with Crippen LogP contribution in [0.4, 0.5) is 0 Å². The first-order valence-electron chi connectivity index (χ1n) is 6.24. The van der Waals surface area contributed by atoms with Crippen LogP contribution in [0.15, 0.2) is 29.6 Å². The molecule has 2 N–H and O–H groups in total. The lowest BCUT2D eigenvalue weighted by Gasteiger charge is -2.05. The summed E-state index contributed by atoms with van der Waals surface area (Å²) in [6.45, 7) is 1.63. The molecule has 102 valence electrons. The van der Waals surface area contributed by atoms with Crippen LogP contribution in [-0.4, -0.2) is 36.9 Å². The van der Waals surface area contributed by atoms with Crippen LogP contribution in [0.25, 0.3) is 11.3 Å². The number of para-hydroxylation sites is 1. The molecular formula is C14H18N2O2S. The van der Waals surface area contributed by atoms with Gasteiger partial charge in [0.2, 0.25) is 0 Å². The van der Waals surface area contributed by atoms with Crippen LogP contribution in [0.5, 0.6) is 5.75 Å². The number of aliphatic hydroxyl groups excluding tert-OH is 1. The van der Waals surface area contributed by atoms with Crippen LogP contribution in [0.2, 0.25) is 0 Å². The van der Waals surface area contributed by atoms with Crippen LogP contribution in [-0.2, 0) is 6.42 Å². The molecule has 0 unspecified atom stereocenters. The van der Waals surface area contributed by atoms with Crippen molar-refractivity contribution in [2.24, 2.45) is 0 Å². The Morgan fingerprint density at radius 3 is 2.95 bits per heavy atom. The first-order chi connectivity index (χ1) is 9.35. The Balaban J connectivity index is 2.04. The Hall–Kier alpha value is -1.43. The van der Waals surface area contributed by atoms with Crippen LogP contribution in [0.1, 0.15) is 5.01 Å². The highest BCUT2D eigenvalue weighted by molar-refractivity contribution is 7.09. The van der Waals surface area contributed by atoms with E-state index in [0.717, 1.165) is 35.0 Å². The quantitative estimate of drug-likeness (QED) is 0.760. The third kappa shape index (κ3) is 3.76. The van der Waals surface area contributed by atoms with Crippen LogP contribution in [0, 0.1) is 0 Å². The van der Waals surface area contributed by atoms with E-state index < -0.39 is 0 Å². The highest BCUT2D eigenvalue weighted by Gasteiger charge is 2.08. The maximum absolute atomic E-state index is 8.68. The van der Waals surface area contributed by atoms with Gasteiger partial charge in [-0.05, 0) is 12.1 Å². The largest absolute Gasteiger partial charge is 0.496 e. The van der Waals surface area contributed by atoms with E-state index in [1.165, 1.54) is 0 Å². The summed E-state index contributed by atoms with van der Waals surface area (Å²) in [7, 11) is 1.67. The second-order valence-electron chi connectivity index (χ2n) is 4.05. The molecule has 1 heterocycles. The van der Waals surface area contributed by atoms with Gasteiger partial charge in [-0.1, -0.05) is 12.1 Å². The lowest BCUT2D eigenvalue weighted by Crippen LogP contribution is -2.20. The van der Waals surface area contributed by atoms with Crippen LogP contribution >= 0.6 is 11.3 Å². The van der Waals surface area contributed by atoms with Gasteiger partial charge in [0.05, 0.1) is 24.4 Å². The normalized spacial score (nSPS) is 10.6. The number of ether oxygens (including phenoxy) is 1. The van der Waals surface area contributed by atoms with Gasteiger partial charge in [0.25, 0.3) is 0 Å². The zero-order valence-electron chi connectivity index (χ0n) is 10.9. The molecule has 2 rings (SSSR count). The van der Waals surface area contributed by atoms with Gasteiger partial charge >= 0.3 is 0 Å². The molecule has 0 aliphatic rings. The maximum atomic E-state index is 8.68. The average Bonchev–Trinajstić information content (AvgIpc) is 2.92. The van der Waals surface area contributed by atoms with E-state index in [4.69, 9.17) is 9.84 Å². The van der Waals surface area contributed by atoms with E-state index in [9.17, 15) is 0 Å². The second-order valence-corrected chi connectivity index (χ2v) is 4.99. The molecule has 0 atom stereocenters. The summed E-state index contributed by atoms with van der Waals surface area (Å²) in [6.07, 6.45) is 0.875. The van der Waals surface area contributed by atoms with Crippen LogP contribution < -0.4 is 10.1 Å². The zero-order valence-corrected chi connectivity index (χ0v) is 11.7. The summed E-state index contributed by atoms with van der Waals surface area (Å²) < 4.78 is 5.35. The topological polar surface area (TPSA) is 54.4 Å². The van der Waals surface area contributed by atoms with E-state index in [1.807, 2.05) is 24.3 Å². The number of nitrogens with zero attached hydrogens (tertiary/aromatic N) is 1. The smallest absolute Gasteiger partial charge is 0.128 e. The van der Waals surface area contributed by atoms with Crippen molar-refractivity contribution in [1.29, 1.82) is 0 Å². The fraction of sp³-hybridized carbons (Fsp3) is 0.357. The number of aliphatic hydroxyl groups is 1. The monoisotopic (exact) mass is 278 g/mol. The van der Waals surface area contributed by atoms with Gasteiger partial charge < -0.3 is 15.2 Å². The summed E-state index contributed by atoms with van der Waals surface area (Å²) >= 11 is 1.65. The minimum absolute atomic E-state index is 0.171. The number of benzene rings is 1. The second kappa shape index (κ2) is 7.23. The Kier molecular flexibility index (Phi) is 5.32.